The first-order valence-electron chi connectivity index (χ1n) is 6.09. The molecular formula is C14H14N2O2. The van der Waals surface area contributed by atoms with E-state index in [0.29, 0.717) is 13.2 Å². The summed E-state index contributed by atoms with van der Waals surface area (Å²) < 4.78 is 5.01. The standard InChI is InChI=1S/C14H14N2O2/c17-14-16(8-3-9-18-14)10-12-7-6-11-4-1-2-5-13(11)15-12/h1-2,4-7H,3,8-10H2. The molecular weight excluding hydrogens is 228 g/mol. The molecule has 0 unspecified atom stereocenters. The van der Waals surface area contributed by atoms with Gasteiger partial charge in [-0.15, -0.1) is 0 Å². The predicted octanol–water partition coefficient (Wildman–Crippen LogP) is 2.58. The molecule has 1 fully saturated rings. The molecule has 0 saturated carbocycles. The average molecular weight is 242 g/mol. The fraction of sp³-hybridized carbons (Fsp3) is 0.286. The predicted molar refractivity (Wildman–Crippen MR) is 68.1 cm³/mol. The Balaban J connectivity index is 1.83. The zero-order chi connectivity index (χ0) is 12.4. The Morgan fingerprint density at radius 3 is 3.00 bits per heavy atom. The third kappa shape index (κ3) is 2.14. The minimum absolute atomic E-state index is 0.240. The summed E-state index contributed by atoms with van der Waals surface area (Å²) in [4.78, 5) is 17.8. The van der Waals surface area contributed by atoms with Gasteiger partial charge in [-0.1, -0.05) is 24.3 Å². The minimum Gasteiger partial charge on any atom is -0.449 e. The van der Waals surface area contributed by atoms with Crippen molar-refractivity contribution >= 4 is 17.0 Å². The van der Waals surface area contributed by atoms with Crippen LogP contribution in [0.5, 0.6) is 0 Å². The highest BCUT2D eigenvalue weighted by Crippen LogP contribution is 2.14. The van der Waals surface area contributed by atoms with Gasteiger partial charge in [-0.05, 0) is 18.6 Å². The molecule has 0 spiro atoms. The van der Waals surface area contributed by atoms with Gasteiger partial charge in [0.2, 0.25) is 0 Å². The van der Waals surface area contributed by atoms with Crippen LogP contribution in [0.4, 0.5) is 4.79 Å². The Hall–Kier alpha value is -2.10. The molecule has 1 amide bonds. The van der Waals surface area contributed by atoms with Crippen molar-refractivity contribution in [2.45, 2.75) is 13.0 Å². The second-order valence-corrected chi connectivity index (χ2v) is 4.38. The van der Waals surface area contributed by atoms with Gasteiger partial charge in [0.15, 0.2) is 0 Å². The second-order valence-electron chi connectivity index (χ2n) is 4.38. The van der Waals surface area contributed by atoms with Gasteiger partial charge in [0, 0.05) is 11.9 Å². The molecule has 1 aliphatic rings. The first-order valence-corrected chi connectivity index (χ1v) is 6.09. The molecule has 1 aliphatic heterocycles. The summed E-state index contributed by atoms with van der Waals surface area (Å²) in [5.74, 6) is 0. The number of para-hydroxylation sites is 1. The summed E-state index contributed by atoms with van der Waals surface area (Å²) in [5.41, 5.74) is 1.85. The first kappa shape index (κ1) is 11.0. The number of rotatable bonds is 2. The minimum atomic E-state index is -0.240. The van der Waals surface area contributed by atoms with Crippen LogP contribution in [0.2, 0.25) is 0 Å². The largest absolute Gasteiger partial charge is 0.449 e. The molecule has 0 radical (unpaired) electrons. The van der Waals surface area contributed by atoms with Gasteiger partial charge < -0.3 is 9.64 Å². The highest BCUT2D eigenvalue weighted by molar-refractivity contribution is 5.78. The number of fused-ring (bicyclic) bond motifs is 1. The van der Waals surface area contributed by atoms with E-state index in [1.165, 1.54) is 0 Å². The number of ether oxygens (including phenoxy) is 1. The third-order valence-electron chi connectivity index (χ3n) is 3.07. The van der Waals surface area contributed by atoms with Crippen LogP contribution in [0.15, 0.2) is 36.4 Å². The zero-order valence-electron chi connectivity index (χ0n) is 10.0. The maximum atomic E-state index is 11.5. The molecule has 1 saturated heterocycles. The molecule has 0 bridgehead atoms. The fourth-order valence-electron chi connectivity index (χ4n) is 2.13. The Kier molecular flexibility index (Phi) is 2.84. The van der Waals surface area contributed by atoms with E-state index in [2.05, 4.69) is 4.98 Å². The number of hydrogen-bond acceptors (Lipinski definition) is 3. The normalized spacial score (nSPS) is 15.8. The van der Waals surface area contributed by atoms with Gasteiger partial charge in [0.05, 0.1) is 24.4 Å². The fourth-order valence-corrected chi connectivity index (χ4v) is 2.13. The summed E-state index contributed by atoms with van der Waals surface area (Å²) in [6.07, 6.45) is 0.649. The van der Waals surface area contributed by atoms with Crippen molar-refractivity contribution in [3.8, 4) is 0 Å². The quantitative estimate of drug-likeness (QED) is 0.812. The first-order chi connectivity index (χ1) is 8.83. The highest BCUT2D eigenvalue weighted by Gasteiger charge is 2.19. The summed E-state index contributed by atoms with van der Waals surface area (Å²) >= 11 is 0. The van der Waals surface area contributed by atoms with Crippen molar-refractivity contribution in [3.63, 3.8) is 0 Å². The highest BCUT2D eigenvalue weighted by atomic mass is 16.6. The van der Waals surface area contributed by atoms with Crippen LogP contribution in [0.1, 0.15) is 12.1 Å². The van der Waals surface area contributed by atoms with E-state index in [4.69, 9.17) is 4.74 Å². The third-order valence-corrected chi connectivity index (χ3v) is 3.07. The molecule has 0 atom stereocenters. The van der Waals surface area contributed by atoms with E-state index in [1.54, 1.807) is 4.90 Å². The van der Waals surface area contributed by atoms with Crippen molar-refractivity contribution in [2.75, 3.05) is 13.2 Å². The van der Waals surface area contributed by atoms with Gasteiger partial charge >= 0.3 is 6.09 Å². The molecule has 2 aromatic rings. The van der Waals surface area contributed by atoms with Crippen LogP contribution >= 0.6 is 0 Å². The summed E-state index contributed by atoms with van der Waals surface area (Å²) in [7, 11) is 0. The SMILES string of the molecule is O=C1OCCCN1Cc1ccc2ccccc2n1. The van der Waals surface area contributed by atoms with Gasteiger partial charge in [-0.25, -0.2) is 4.79 Å². The Morgan fingerprint density at radius 2 is 2.11 bits per heavy atom. The van der Waals surface area contributed by atoms with E-state index in [-0.39, 0.29) is 6.09 Å². The number of carbonyl (C=O) groups is 1. The van der Waals surface area contributed by atoms with E-state index < -0.39 is 0 Å². The van der Waals surface area contributed by atoms with E-state index >= 15 is 0 Å². The lowest BCUT2D eigenvalue weighted by Gasteiger charge is -2.25. The lowest BCUT2D eigenvalue weighted by Crippen LogP contribution is -2.37. The molecule has 1 aromatic heterocycles. The smallest absolute Gasteiger partial charge is 0.410 e. The number of cyclic esters (lactones) is 1. The Morgan fingerprint density at radius 1 is 1.22 bits per heavy atom. The number of aromatic nitrogens is 1. The van der Waals surface area contributed by atoms with Crippen molar-refractivity contribution in [2.24, 2.45) is 0 Å². The monoisotopic (exact) mass is 242 g/mol. The molecule has 0 aliphatic carbocycles. The molecule has 0 N–H and O–H groups in total. The summed E-state index contributed by atoms with van der Waals surface area (Å²) in [5, 5.41) is 1.11. The van der Waals surface area contributed by atoms with Crippen LogP contribution in [0, 0.1) is 0 Å². The van der Waals surface area contributed by atoms with Crippen LogP contribution < -0.4 is 0 Å². The van der Waals surface area contributed by atoms with Gasteiger partial charge in [0.1, 0.15) is 0 Å². The average Bonchev–Trinajstić information content (AvgIpc) is 2.41. The van der Waals surface area contributed by atoms with Crippen molar-refractivity contribution in [1.82, 2.24) is 9.88 Å². The van der Waals surface area contributed by atoms with Crippen LogP contribution in [-0.4, -0.2) is 29.1 Å². The van der Waals surface area contributed by atoms with Crippen molar-refractivity contribution < 1.29 is 9.53 Å². The van der Waals surface area contributed by atoms with Crippen molar-refractivity contribution in [1.29, 1.82) is 0 Å². The van der Waals surface area contributed by atoms with Gasteiger partial charge in [0.25, 0.3) is 0 Å². The number of hydrogen-bond donors (Lipinski definition) is 0. The maximum absolute atomic E-state index is 11.5. The van der Waals surface area contributed by atoms with Crippen molar-refractivity contribution in [3.05, 3.63) is 42.1 Å². The van der Waals surface area contributed by atoms with E-state index in [9.17, 15) is 4.79 Å². The van der Waals surface area contributed by atoms with Gasteiger partial charge in [-0.3, -0.25) is 4.98 Å². The van der Waals surface area contributed by atoms with Crippen LogP contribution in [-0.2, 0) is 11.3 Å². The van der Waals surface area contributed by atoms with E-state index in [0.717, 1.165) is 29.6 Å². The second kappa shape index (κ2) is 4.64. The number of benzene rings is 1. The number of nitrogens with zero attached hydrogens (tertiary/aromatic N) is 2. The summed E-state index contributed by atoms with van der Waals surface area (Å²) in [6, 6.07) is 12.0. The molecule has 4 nitrogen and oxygen atoms in total. The Labute approximate surface area is 105 Å². The molecule has 92 valence electrons. The molecule has 2 heterocycles. The molecule has 4 heteroatoms. The molecule has 18 heavy (non-hydrogen) atoms. The number of amides is 1. The molecule has 1 aromatic carbocycles. The Bertz CT molecular complexity index is 583. The van der Waals surface area contributed by atoms with Crippen LogP contribution in [0.3, 0.4) is 0 Å². The lowest BCUT2D eigenvalue weighted by molar-refractivity contribution is 0.0696. The zero-order valence-corrected chi connectivity index (χ0v) is 10.0. The lowest BCUT2D eigenvalue weighted by atomic mass is 10.2. The number of carbonyl (C=O) groups excluding carboxylic acids is 1. The summed E-state index contributed by atoms with van der Waals surface area (Å²) in [6.45, 7) is 1.79. The maximum Gasteiger partial charge on any atom is 0.410 e. The van der Waals surface area contributed by atoms with Crippen LogP contribution in [0.25, 0.3) is 10.9 Å². The van der Waals surface area contributed by atoms with E-state index in [1.807, 2.05) is 36.4 Å². The molecule has 3 rings (SSSR count). The number of pyridine rings is 1. The topological polar surface area (TPSA) is 42.4 Å². The van der Waals surface area contributed by atoms with Gasteiger partial charge in [-0.2, -0.15) is 0 Å².